The van der Waals surface area contributed by atoms with Crippen molar-refractivity contribution in [1.29, 1.82) is 0 Å². The van der Waals surface area contributed by atoms with E-state index in [1.165, 1.54) is 263 Å². The summed E-state index contributed by atoms with van der Waals surface area (Å²) in [5.74, 6) is 0. The van der Waals surface area contributed by atoms with Gasteiger partial charge < -0.3 is 0 Å². The molecule has 0 unspecified atom stereocenters. The largest absolute Gasteiger partial charge is 0.0616 e. The maximum absolute atomic E-state index is 2.30. The summed E-state index contributed by atoms with van der Waals surface area (Å²) >= 11 is 0. The third kappa shape index (κ3) is 15.1. The molecule has 0 saturated heterocycles. The lowest BCUT2D eigenvalue weighted by Gasteiger charge is -2.18. The topological polar surface area (TPSA) is 0 Å². The molecule has 642 valence electrons. The average molecular weight is 1750 g/mol. The van der Waals surface area contributed by atoms with Gasteiger partial charge in [-0.1, -0.05) is 528 Å². The molecule has 0 radical (unpaired) electrons. The standard InChI is InChI=1S/3C46H30/c1-3-15-37-31(11-1)13-9-21-39(37)33-23-27-35(28-24-33)45-41-17-5-7-19-43(41)46(44-20-8-6-18-42(44)45)36-29-25-34(26-30-36)40-22-10-14-32-12-2-4-16-38(32)40;1-3-11-37-29-39(27-21-31(37)9-1)33-17-23-35(24-18-33)45-41-13-5-7-15-43(41)46(44-16-8-6-14-42(44)45)36-25-19-34(20-26-36)40-28-22-32-10-2-4-12-38(32)30-40;1-2-12-37-30-38(29-22-31(37)10-1)32-20-25-35(26-21-32)45-41-15-5-7-17-43(41)46(44-18-8-6-16-42(44)45)36-27-23-34(24-28-36)40-19-9-13-33-11-3-4-14-39(33)40/h3*1-30H. The molecular weight excluding hydrogens is 1660 g/mol. The van der Waals surface area contributed by atoms with Crippen molar-refractivity contribution >= 4 is 129 Å². The van der Waals surface area contributed by atoms with Crippen molar-refractivity contribution < 1.29 is 0 Å². The summed E-state index contributed by atoms with van der Waals surface area (Å²) in [6.07, 6.45) is 0. The molecule has 0 bridgehead atoms. The van der Waals surface area contributed by atoms with Crippen LogP contribution in [0.15, 0.2) is 546 Å². The Balaban J connectivity index is 0.000000110. The number of fused-ring (bicyclic) bond motifs is 12. The minimum absolute atomic E-state index is 1.23. The van der Waals surface area contributed by atoms with E-state index in [2.05, 4.69) is 546 Å². The number of hydrogen-bond donors (Lipinski definition) is 0. The van der Waals surface area contributed by atoms with Crippen LogP contribution in [0.3, 0.4) is 0 Å². The molecule has 0 heteroatoms. The van der Waals surface area contributed by atoms with E-state index in [0.29, 0.717) is 0 Å². The van der Waals surface area contributed by atoms with Crippen molar-refractivity contribution in [3.8, 4) is 134 Å². The molecule has 138 heavy (non-hydrogen) atoms. The quantitative estimate of drug-likeness (QED) is 0.107. The predicted octanol–water partition coefficient (Wildman–Crippen LogP) is 38.9. The molecule has 0 aliphatic rings. The van der Waals surface area contributed by atoms with Crippen molar-refractivity contribution in [3.63, 3.8) is 0 Å². The Bertz CT molecular complexity index is 8820. The molecule has 0 nitrogen and oxygen atoms in total. The first kappa shape index (κ1) is 82.0. The lowest BCUT2D eigenvalue weighted by atomic mass is 9.85. The average Bonchev–Trinajstić information content (AvgIpc) is 0.739. The van der Waals surface area contributed by atoms with E-state index in [-0.39, 0.29) is 0 Å². The molecule has 0 N–H and O–H groups in total. The molecule has 0 heterocycles. The normalized spacial score (nSPS) is 11.5. The van der Waals surface area contributed by atoms with Crippen LogP contribution in [0.25, 0.3) is 263 Å². The smallest absolute Gasteiger partial charge is 0.00264 e. The second-order valence-electron chi connectivity index (χ2n) is 36.3. The van der Waals surface area contributed by atoms with Crippen LogP contribution in [0.5, 0.6) is 0 Å². The number of hydrogen-bond acceptors (Lipinski definition) is 0. The minimum atomic E-state index is 1.23. The Morgan fingerprint density at radius 2 is 0.210 bits per heavy atom. The van der Waals surface area contributed by atoms with Gasteiger partial charge in [0, 0.05) is 0 Å². The van der Waals surface area contributed by atoms with E-state index in [1.807, 2.05) is 0 Å². The summed E-state index contributed by atoms with van der Waals surface area (Å²) in [7, 11) is 0. The first-order valence-corrected chi connectivity index (χ1v) is 47.8. The van der Waals surface area contributed by atoms with Crippen LogP contribution in [0, 0.1) is 0 Å². The van der Waals surface area contributed by atoms with Crippen molar-refractivity contribution in [2.24, 2.45) is 0 Å². The molecule has 0 atom stereocenters. The van der Waals surface area contributed by atoms with Gasteiger partial charge in [-0.15, -0.1) is 0 Å². The monoisotopic (exact) mass is 1750 g/mol. The van der Waals surface area contributed by atoms with Gasteiger partial charge in [-0.25, -0.2) is 0 Å². The van der Waals surface area contributed by atoms with Crippen LogP contribution in [-0.2, 0) is 0 Å². The Morgan fingerprint density at radius 1 is 0.0725 bits per heavy atom. The summed E-state index contributed by atoms with van der Waals surface area (Å²) in [6.45, 7) is 0. The van der Waals surface area contributed by atoms with Crippen molar-refractivity contribution in [2.75, 3.05) is 0 Å². The van der Waals surface area contributed by atoms with Crippen molar-refractivity contribution in [2.45, 2.75) is 0 Å². The summed E-state index contributed by atoms with van der Waals surface area (Å²) < 4.78 is 0. The second-order valence-corrected chi connectivity index (χ2v) is 36.3. The Kier molecular flexibility index (Phi) is 21.1. The maximum Gasteiger partial charge on any atom is -0.00264 e. The second kappa shape index (κ2) is 35.5. The lowest BCUT2D eigenvalue weighted by molar-refractivity contribution is 1.62. The third-order valence-electron chi connectivity index (χ3n) is 28.4. The van der Waals surface area contributed by atoms with Gasteiger partial charge >= 0.3 is 0 Å². The van der Waals surface area contributed by atoms with Crippen LogP contribution < -0.4 is 0 Å². The predicted molar refractivity (Wildman–Crippen MR) is 595 cm³/mol. The van der Waals surface area contributed by atoms with E-state index < -0.39 is 0 Å². The SMILES string of the molecule is c1ccc2c(-c3ccc(-c4c5ccccc5c(-c5ccc(-c6cccc7ccccc67)cc5)c5ccccc45)cc3)cccc2c1.c1ccc2cc(-c3ccc(-c4c5ccccc5c(-c5ccc(-c6ccc7ccccc7c6)cc5)c5ccccc45)cc3)ccc2c1.c1ccc2cc(-c3ccc(-c4c5ccccc5c(-c5ccc(-c6cccc7ccccc67)cc5)c5ccccc45)cc3)ccc2c1. The van der Waals surface area contributed by atoms with Crippen molar-refractivity contribution in [3.05, 3.63) is 546 Å². The summed E-state index contributed by atoms with van der Waals surface area (Å²) in [5.41, 5.74) is 30.0. The van der Waals surface area contributed by atoms with Gasteiger partial charge in [-0.05, 0) is 281 Å². The molecule has 27 aromatic carbocycles. The first-order chi connectivity index (χ1) is 68.4. The molecule has 0 aromatic heterocycles. The highest BCUT2D eigenvalue weighted by molar-refractivity contribution is 6.25. The van der Waals surface area contributed by atoms with Crippen LogP contribution in [0.2, 0.25) is 0 Å². The molecule has 0 amide bonds. The Morgan fingerprint density at radius 3 is 0.406 bits per heavy atom. The maximum atomic E-state index is 2.30. The molecular formula is C138H90. The lowest BCUT2D eigenvalue weighted by Crippen LogP contribution is -1.91. The molecule has 0 aliphatic heterocycles. The van der Waals surface area contributed by atoms with Gasteiger partial charge in [-0.2, -0.15) is 0 Å². The fourth-order valence-electron chi connectivity index (χ4n) is 21.7. The highest BCUT2D eigenvalue weighted by Gasteiger charge is 2.23. The Labute approximate surface area is 802 Å². The fourth-order valence-corrected chi connectivity index (χ4v) is 21.7. The Hall–Kier alpha value is -17.9. The zero-order valence-corrected chi connectivity index (χ0v) is 76.0. The first-order valence-electron chi connectivity index (χ1n) is 47.8. The van der Waals surface area contributed by atoms with Crippen molar-refractivity contribution in [1.82, 2.24) is 0 Å². The zero-order valence-electron chi connectivity index (χ0n) is 76.0. The third-order valence-corrected chi connectivity index (χ3v) is 28.4. The van der Waals surface area contributed by atoms with E-state index in [1.54, 1.807) is 0 Å². The molecule has 0 saturated carbocycles. The highest BCUT2D eigenvalue weighted by atomic mass is 14.3. The molecule has 27 aromatic rings. The minimum Gasteiger partial charge on any atom is -0.0616 e. The van der Waals surface area contributed by atoms with Crippen LogP contribution in [-0.4, -0.2) is 0 Å². The van der Waals surface area contributed by atoms with E-state index in [0.717, 1.165) is 0 Å². The van der Waals surface area contributed by atoms with Gasteiger partial charge in [0.15, 0.2) is 0 Å². The number of benzene rings is 27. The molecule has 0 fully saturated rings. The van der Waals surface area contributed by atoms with E-state index in [9.17, 15) is 0 Å². The van der Waals surface area contributed by atoms with Crippen LogP contribution in [0.1, 0.15) is 0 Å². The van der Waals surface area contributed by atoms with Gasteiger partial charge in [0.2, 0.25) is 0 Å². The van der Waals surface area contributed by atoms with E-state index in [4.69, 9.17) is 0 Å². The van der Waals surface area contributed by atoms with Gasteiger partial charge in [0.05, 0.1) is 0 Å². The van der Waals surface area contributed by atoms with Crippen LogP contribution >= 0.6 is 0 Å². The summed E-state index contributed by atoms with van der Waals surface area (Å²) in [4.78, 5) is 0. The van der Waals surface area contributed by atoms with Gasteiger partial charge in [0.1, 0.15) is 0 Å². The number of rotatable bonds is 12. The van der Waals surface area contributed by atoms with E-state index >= 15 is 0 Å². The molecule has 0 spiro atoms. The summed E-state index contributed by atoms with van der Waals surface area (Å²) in [6, 6.07) is 200. The zero-order chi connectivity index (χ0) is 91.4. The molecule has 0 aliphatic carbocycles. The highest BCUT2D eigenvalue weighted by Crippen LogP contribution is 2.50. The van der Waals surface area contributed by atoms with Gasteiger partial charge in [-0.3, -0.25) is 0 Å². The van der Waals surface area contributed by atoms with Crippen LogP contribution in [0.4, 0.5) is 0 Å². The summed E-state index contributed by atoms with van der Waals surface area (Å²) in [5, 5.41) is 30.5. The fraction of sp³-hybridized carbons (Fsp3) is 0. The van der Waals surface area contributed by atoms with Gasteiger partial charge in [0.25, 0.3) is 0 Å². The molecule has 27 rings (SSSR count).